The van der Waals surface area contributed by atoms with E-state index in [4.69, 9.17) is 11.6 Å². The van der Waals surface area contributed by atoms with Gasteiger partial charge in [-0.25, -0.2) is 0 Å². The molecule has 0 aliphatic heterocycles. The second-order valence-electron chi connectivity index (χ2n) is 4.56. The average molecular weight is 445 g/mol. The largest absolute Gasteiger partial charge is 0.351 e. The van der Waals surface area contributed by atoms with Gasteiger partial charge in [-0.2, -0.15) is 0 Å². The lowest BCUT2D eigenvalue weighted by Gasteiger charge is -2.13. The molecule has 1 N–H and O–H groups in total. The molecule has 1 amide bonds. The van der Waals surface area contributed by atoms with E-state index >= 15 is 0 Å². The van der Waals surface area contributed by atoms with E-state index in [9.17, 15) is 4.79 Å². The van der Waals surface area contributed by atoms with Gasteiger partial charge in [-0.15, -0.1) is 11.6 Å². The van der Waals surface area contributed by atoms with Crippen molar-refractivity contribution in [3.05, 3.63) is 31.8 Å². The molecule has 5 heteroatoms. The fraction of sp³-hybridized carbons (Fsp3) is 0.462. The Hall–Kier alpha value is 0.190. The lowest BCUT2D eigenvalue weighted by atomic mass is 10.1. The predicted octanol–water partition coefficient (Wildman–Crippen LogP) is 4.44. The molecule has 0 saturated carbocycles. The van der Waals surface area contributed by atoms with E-state index in [2.05, 4.69) is 57.7 Å². The number of hydrogen-bond donors (Lipinski definition) is 1. The molecule has 0 saturated heterocycles. The van der Waals surface area contributed by atoms with Crippen molar-refractivity contribution in [1.29, 1.82) is 0 Å². The number of alkyl halides is 1. The third kappa shape index (κ3) is 5.45. The zero-order chi connectivity index (χ0) is 13.7. The number of benzene rings is 1. The highest BCUT2D eigenvalue weighted by atomic mass is 127. The molecule has 0 bridgehead atoms. The zero-order valence-electron chi connectivity index (χ0n) is 10.3. The van der Waals surface area contributed by atoms with Crippen LogP contribution in [0.5, 0.6) is 0 Å². The van der Waals surface area contributed by atoms with Crippen LogP contribution in [0.2, 0.25) is 0 Å². The fourth-order valence-corrected chi connectivity index (χ4v) is 2.92. The first-order valence-electron chi connectivity index (χ1n) is 5.77. The molecule has 0 radical (unpaired) electrons. The summed E-state index contributed by atoms with van der Waals surface area (Å²) in [5.41, 5.74) is 0.648. The van der Waals surface area contributed by atoms with Crippen molar-refractivity contribution in [1.82, 2.24) is 5.32 Å². The second kappa shape index (κ2) is 7.70. The normalized spacial score (nSPS) is 12.6. The zero-order valence-corrected chi connectivity index (χ0v) is 14.8. The summed E-state index contributed by atoms with van der Waals surface area (Å²) in [5, 5.41) is 2.85. The van der Waals surface area contributed by atoms with Crippen LogP contribution in [0, 0.1) is 9.49 Å². The fourth-order valence-electron chi connectivity index (χ4n) is 1.57. The third-order valence-corrected chi connectivity index (χ3v) is 4.08. The SMILES string of the molecule is CC(C)CC(Cl)CNC(=O)c1cc(I)ccc1Br. The monoisotopic (exact) mass is 443 g/mol. The number of carbonyl (C=O) groups is 1. The van der Waals surface area contributed by atoms with Crippen LogP contribution in [0.3, 0.4) is 0 Å². The van der Waals surface area contributed by atoms with Crippen molar-refractivity contribution in [3.8, 4) is 0 Å². The van der Waals surface area contributed by atoms with Gasteiger partial charge in [0.15, 0.2) is 0 Å². The molecule has 1 unspecified atom stereocenters. The van der Waals surface area contributed by atoms with Crippen molar-refractivity contribution >= 4 is 56.0 Å². The molecule has 100 valence electrons. The molecule has 0 aliphatic rings. The number of carbonyl (C=O) groups excluding carboxylic acids is 1. The van der Waals surface area contributed by atoms with Crippen molar-refractivity contribution in [2.75, 3.05) is 6.54 Å². The number of halogens is 3. The maximum Gasteiger partial charge on any atom is 0.252 e. The minimum Gasteiger partial charge on any atom is -0.351 e. The molecule has 1 aromatic carbocycles. The molecule has 1 aromatic rings. The lowest BCUT2D eigenvalue weighted by Crippen LogP contribution is -2.30. The quantitative estimate of drug-likeness (QED) is 0.528. The molecule has 1 atom stereocenters. The van der Waals surface area contributed by atoms with E-state index in [-0.39, 0.29) is 11.3 Å². The van der Waals surface area contributed by atoms with Crippen LogP contribution in [0.4, 0.5) is 0 Å². The first-order chi connectivity index (χ1) is 8.40. The van der Waals surface area contributed by atoms with E-state index in [1.165, 1.54) is 0 Å². The summed E-state index contributed by atoms with van der Waals surface area (Å²) >= 11 is 11.7. The average Bonchev–Trinajstić information content (AvgIpc) is 2.28. The Morgan fingerprint density at radius 3 is 2.78 bits per heavy atom. The molecule has 0 aromatic heterocycles. The number of amides is 1. The van der Waals surface area contributed by atoms with Crippen LogP contribution in [0.15, 0.2) is 22.7 Å². The van der Waals surface area contributed by atoms with Crippen molar-refractivity contribution < 1.29 is 4.79 Å². The standard InChI is InChI=1S/C13H16BrClINO/c1-8(2)5-9(15)7-17-13(18)11-6-10(16)3-4-12(11)14/h3-4,6,8-9H,5,7H2,1-2H3,(H,17,18). The molecular formula is C13H16BrClINO. The molecule has 1 rings (SSSR count). The summed E-state index contributed by atoms with van der Waals surface area (Å²) in [6.07, 6.45) is 0.898. The highest BCUT2D eigenvalue weighted by Crippen LogP contribution is 2.19. The summed E-state index contributed by atoms with van der Waals surface area (Å²) < 4.78 is 1.83. The Labute approximate surface area is 135 Å². The van der Waals surface area contributed by atoms with Gasteiger partial charge in [0.1, 0.15) is 0 Å². The summed E-state index contributed by atoms with van der Waals surface area (Å²) in [6, 6.07) is 5.68. The summed E-state index contributed by atoms with van der Waals surface area (Å²) in [6.45, 7) is 4.73. The van der Waals surface area contributed by atoms with E-state index in [0.29, 0.717) is 18.0 Å². The van der Waals surface area contributed by atoms with Gasteiger partial charge in [0.05, 0.1) is 10.9 Å². The molecule has 18 heavy (non-hydrogen) atoms. The van der Waals surface area contributed by atoms with Crippen molar-refractivity contribution in [2.45, 2.75) is 25.6 Å². The topological polar surface area (TPSA) is 29.1 Å². The van der Waals surface area contributed by atoms with Crippen molar-refractivity contribution in [3.63, 3.8) is 0 Å². The Morgan fingerprint density at radius 1 is 1.50 bits per heavy atom. The van der Waals surface area contributed by atoms with E-state index < -0.39 is 0 Å². The van der Waals surface area contributed by atoms with Gasteiger partial charge >= 0.3 is 0 Å². The van der Waals surface area contributed by atoms with Gasteiger partial charge in [-0.05, 0) is 69.1 Å². The van der Waals surface area contributed by atoms with Crippen LogP contribution in [0.1, 0.15) is 30.6 Å². The van der Waals surface area contributed by atoms with E-state index in [1.54, 1.807) is 0 Å². The van der Waals surface area contributed by atoms with Gasteiger partial charge in [-0.3, -0.25) is 4.79 Å². The summed E-state index contributed by atoms with van der Waals surface area (Å²) in [7, 11) is 0. The van der Waals surface area contributed by atoms with E-state index in [0.717, 1.165) is 14.5 Å². The minimum atomic E-state index is -0.0882. The predicted molar refractivity (Wildman–Crippen MR) is 88.3 cm³/mol. The van der Waals surface area contributed by atoms with Crippen LogP contribution in [-0.2, 0) is 0 Å². The Morgan fingerprint density at radius 2 is 2.17 bits per heavy atom. The molecule has 0 aliphatic carbocycles. The van der Waals surface area contributed by atoms with Gasteiger partial charge in [0.25, 0.3) is 5.91 Å². The molecule has 0 spiro atoms. The number of nitrogens with one attached hydrogen (secondary N) is 1. The lowest BCUT2D eigenvalue weighted by molar-refractivity contribution is 0.0952. The molecule has 0 fully saturated rings. The Kier molecular flexibility index (Phi) is 6.95. The maximum atomic E-state index is 12.0. The van der Waals surface area contributed by atoms with Crippen LogP contribution in [0.25, 0.3) is 0 Å². The first kappa shape index (κ1) is 16.2. The minimum absolute atomic E-state index is 0.0180. The molecule has 0 heterocycles. The van der Waals surface area contributed by atoms with Gasteiger partial charge in [-0.1, -0.05) is 13.8 Å². The Balaban J connectivity index is 2.58. The van der Waals surface area contributed by atoms with Gasteiger partial charge in [0, 0.05) is 14.6 Å². The van der Waals surface area contributed by atoms with Gasteiger partial charge < -0.3 is 5.32 Å². The number of hydrogen-bond acceptors (Lipinski definition) is 1. The maximum absolute atomic E-state index is 12.0. The third-order valence-electron chi connectivity index (χ3n) is 2.38. The molecular weight excluding hydrogens is 428 g/mol. The Bertz CT molecular complexity index is 425. The van der Waals surface area contributed by atoms with Gasteiger partial charge in [0.2, 0.25) is 0 Å². The van der Waals surface area contributed by atoms with E-state index in [1.807, 2.05) is 18.2 Å². The number of rotatable bonds is 5. The second-order valence-corrected chi connectivity index (χ2v) is 7.28. The van der Waals surface area contributed by atoms with Crippen LogP contribution >= 0.6 is 50.1 Å². The van der Waals surface area contributed by atoms with Crippen LogP contribution < -0.4 is 5.32 Å². The highest BCUT2D eigenvalue weighted by Gasteiger charge is 2.13. The first-order valence-corrected chi connectivity index (χ1v) is 8.08. The molecule has 2 nitrogen and oxygen atoms in total. The summed E-state index contributed by atoms with van der Waals surface area (Å²) in [5.74, 6) is 0.448. The summed E-state index contributed by atoms with van der Waals surface area (Å²) in [4.78, 5) is 12.0. The smallest absolute Gasteiger partial charge is 0.252 e. The highest BCUT2D eigenvalue weighted by molar-refractivity contribution is 14.1. The van der Waals surface area contributed by atoms with Crippen molar-refractivity contribution in [2.24, 2.45) is 5.92 Å². The van der Waals surface area contributed by atoms with Crippen LogP contribution in [-0.4, -0.2) is 17.8 Å².